The highest BCUT2D eigenvalue weighted by molar-refractivity contribution is 5.93. The van der Waals surface area contributed by atoms with E-state index in [0.29, 0.717) is 25.2 Å². The van der Waals surface area contributed by atoms with Gasteiger partial charge in [-0.15, -0.1) is 24.8 Å². The summed E-state index contributed by atoms with van der Waals surface area (Å²) in [5, 5.41) is 6.83. The summed E-state index contributed by atoms with van der Waals surface area (Å²) in [7, 11) is 0. The first kappa shape index (κ1) is 18.4. The van der Waals surface area contributed by atoms with E-state index in [-0.39, 0.29) is 30.7 Å². The van der Waals surface area contributed by atoms with Gasteiger partial charge in [-0.1, -0.05) is 6.07 Å². The van der Waals surface area contributed by atoms with Crippen molar-refractivity contribution < 1.29 is 4.79 Å². The van der Waals surface area contributed by atoms with Gasteiger partial charge in [0.2, 0.25) is 0 Å². The zero-order valence-electron chi connectivity index (χ0n) is 10.7. The van der Waals surface area contributed by atoms with Crippen molar-refractivity contribution in [1.29, 1.82) is 0 Å². The molecule has 0 aliphatic carbocycles. The van der Waals surface area contributed by atoms with Crippen molar-refractivity contribution in [2.24, 2.45) is 5.73 Å². The number of pyridine rings is 1. The lowest BCUT2D eigenvalue weighted by molar-refractivity contribution is 0.0950. The summed E-state index contributed by atoms with van der Waals surface area (Å²) in [5.41, 5.74) is 6.76. The Labute approximate surface area is 129 Å². The molecule has 1 amide bonds. The molecule has 2 aromatic rings. The zero-order valence-corrected chi connectivity index (χ0v) is 12.4. The molecule has 0 aromatic carbocycles. The van der Waals surface area contributed by atoms with Crippen molar-refractivity contribution in [3.63, 3.8) is 0 Å². The van der Waals surface area contributed by atoms with Gasteiger partial charge in [-0.05, 0) is 12.1 Å². The van der Waals surface area contributed by atoms with Crippen LogP contribution in [0.15, 0.2) is 36.8 Å². The monoisotopic (exact) mass is 317 g/mol. The molecule has 0 spiro atoms. The van der Waals surface area contributed by atoms with Crippen LogP contribution in [-0.4, -0.2) is 27.2 Å². The zero-order chi connectivity index (χ0) is 12.8. The third-order valence-corrected chi connectivity index (χ3v) is 2.41. The molecule has 0 aliphatic rings. The quantitative estimate of drug-likeness (QED) is 0.861. The first-order valence-corrected chi connectivity index (χ1v) is 5.70. The van der Waals surface area contributed by atoms with Crippen molar-refractivity contribution in [1.82, 2.24) is 20.1 Å². The number of carbonyl (C=O) groups is 1. The van der Waals surface area contributed by atoms with E-state index < -0.39 is 0 Å². The lowest BCUT2D eigenvalue weighted by Gasteiger charge is -2.02. The van der Waals surface area contributed by atoms with Crippen LogP contribution in [0, 0.1) is 0 Å². The first-order valence-electron chi connectivity index (χ1n) is 5.70. The average molecular weight is 318 g/mol. The molecule has 2 rings (SSSR count). The van der Waals surface area contributed by atoms with Crippen molar-refractivity contribution in [2.45, 2.75) is 13.1 Å². The Balaban J connectivity index is 0.00000180. The van der Waals surface area contributed by atoms with Gasteiger partial charge in [0.05, 0.1) is 30.5 Å². The van der Waals surface area contributed by atoms with Crippen molar-refractivity contribution in [3.05, 3.63) is 48.0 Å². The van der Waals surface area contributed by atoms with E-state index in [4.69, 9.17) is 5.73 Å². The Morgan fingerprint density at radius 1 is 1.35 bits per heavy atom. The third kappa shape index (κ3) is 5.16. The Bertz CT molecular complexity index is 518. The van der Waals surface area contributed by atoms with E-state index in [2.05, 4.69) is 15.4 Å². The molecule has 0 bridgehead atoms. The van der Waals surface area contributed by atoms with Gasteiger partial charge in [-0.25, -0.2) is 0 Å². The molecule has 0 saturated carbocycles. The summed E-state index contributed by atoms with van der Waals surface area (Å²) in [6, 6.07) is 5.58. The first-order chi connectivity index (χ1) is 8.79. The maximum Gasteiger partial charge on any atom is 0.254 e. The van der Waals surface area contributed by atoms with Gasteiger partial charge in [0.1, 0.15) is 0 Å². The van der Waals surface area contributed by atoms with E-state index in [9.17, 15) is 4.79 Å². The average Bonchev–Trinajstić information content (AvgIpc) is 2.86. The minimum Gasteiger partial charge on any atom is -0.346 e. The number of rotatable bonds is 5. The normalized spacial score (nSPS) is 9.25. The molecule has 0 radical (unpaired) electrons. The van der Waals surface area contributed by atoms with Crippen LogP contribution < -0.4 is 11.1 Å². The molecular weight excluding hydrogens is 301 g/mol. The fourth-order valence-corrected chi connectivity index (χ4v) is 1.51. The molecule has 0 fully saturated rings. The Morgan fingerprint density at radius 3 is 2.80 bits per heavy atom. The van der Waals surface area contributed by atoms with Gasteiger partial charge in [-0.2, -0.15) is 5.10 Å². The van der Waals surface area contributed by atoms with Crippen LogP contribution in [0.1, 0.15) is 16.1 Å². The minimum absolute atomic E-state index is 0. The molecule has 2 aromatic heterocycles. The van der Waals surface area contributed by atoms with Crippen LogP contribution in [0.2, 0.25) is 0 Å². The predicted octanol–water partition coefficient (Wildman–Crippen LogP) is 1.01. The van der Waals surface area contributed by atoms with Crippen molar-refractivity contribution in [3.8, 4) is 0 Å². The number of halogens is 2. The third-order valence-electron chi connectivity index (χ3n) is 2.41. The minimum atomic E-state index is -0.163. The number of aromatic nitrogens is 3. The topological polar surface area (TPSA) is 85.8 Å². The Morgan fingerprint density at radius 2 is 2.15 bits per heavy atom. The summed E-state index contributed by atoms with van der Waals surface area (Å²) < 4.78 is 1.65. The summed E-state index contributed by atoms with van der Waals surface area (Å²) in [6.45, 7) is 1.51. The SMILES string of the molecule is Cl.Cl.NCCn1cc(C(=O)NCc2ccccn2)cn1. The van der Waals surface area contributed by atoms with Crippen LogP contribution in [0.3, 0.4) is 0 Å². The van der Waals surface area contributed by atoms with Gasteiger partial charge >= 0.3 is 0 Å². The molecule has 3 N–H and O–H groups in total. The van der Waals surface area contributed by atoms with Gasteiger partial charge < -0.3 is 11.1 Å². The second-order valence-corrected chi connectivity index (χ2v) is 3.78. The summed E-state index contributed by atoms with van der Waals surface area (Å²) >= 11 is 0. The molecule has 6 nitrogen and oxygen atoms in total. The van der Waals surface area contributed by atoms with Crippen molar-refractivity contribution in [2.75, 3.05) is 6.54 Å². The molecule has 110 valence electrons. The maximum absolute atomic E-state index is 11.8. The largest absolute Gasteiger partial charge is 0.346 e. The van der Waals surface area contributed by atoms with E-state index in [1.54, 1.807) is 17.1 Å². The number of nitrogens with two attached hydrogens (primary N) is 1. The molecule has 0 saturated heterocycles. The summed E-state index contributed by atoms with van der Waals surface area (Å²) in [6.07, 6.45) is 4.91. The van der Waals surface area contributed by atoms with Gasteiger partial charge in [0, 0.05) is 18.9 Å². The molecule has 0 unspecified atom stereocenters. The molecule has 20 heavy (non-hydrogen) atoms. The lowest BCUT2D eigenvalue weighted by Crippen LogP contribution is -2.22. The van der Waals surface area contributed by atoms with E-state index >= 15 is 0 Å². The van der Waals surface area contributed by atoms with Crippen LogP contribution in [0.25, 0.3) is 0 Å². The molecule has 2 heterocycles. The Kier molecular flexibility index (Phi) is 8.54. The predicted molar refractivity (Wildman–Crippen MR) is 81.2 cm³/mol. The lowest BCUT2D eigenvalue weighted by atomic mass is 10.3. The van der Waals surface area contributed by atoms with Crippen LogP contribution in [0.4, 0.5) is 0 Å². The van der Waals surface area contributed by atoms with E-state index in [1.807, 2.05) is 18.2 Å². The summed E-state index contributed by atoms with van der Waals surface area (Å²) in [5.74, 6) is -0.163. The number of hydrogen-bond donors (Lipinski definition) is 2. The van der Waals surface area contributed by atoms with Crippen LogP contribution >= 0.6 is 24.8 Å². The highest BCUT2D eigenvalue weighted by Gasteiger charge is 2.08. The van der Waals surface area contributed by atoms with E-state index in [0.717, 1.165) is 5.69 Å². The molecule has 0 atom stereocenters. The fraction of sp³-hybridized carbons (Fsp3) is 0.250. The second kappa shape index (κ2) is 9.30. The number of hydrogen-bond acceptors (Lipinski definition) is 4. The van der Waals surface area contributed by atoms with Gasteiger partial charge in [0.25, 0.3) is 5.91 Å². The smallest absolute Gasteiger partial charge is 0.254 e. The number of carbonyl (C=O) groups excluding carboxylic acids is 1. The Hall–Kier alpha value is -1.63. The maximum atomic E-state index is 11.8. The van der Waals surface area contributed by atoms with E-state index in [1.165, 1.54) is 6.20 Å². The standard InChI is InChI=1S/C12H15N5O.2ClH/c13-4-6-17-9-10(7-16-17)12(18)15-8-11-3-1-2-5-14-11;;/h1-3,5,7,9H,4,6,8,13H2,(H,15,18);2*1H. The highest BCUT2D eigenvalue weighted by Crippen LogP contribution is 1.99. The molecule has 8 heteroatoms. The van der Waals surface area contributed by atoms with Crippen LogP contribution in [-0.2, 0) is 13.1 Å². The number of amides is 1. The molecule has 0 aliphatic heterocycles. The van der Waals surface area contributed by atoms with Crippen molar-refractivity contribution >= 4 is 30.7 Å². The van der Waals surface area contributed by atoms with Crippen LogP contribution in [0.5, 0.6) is 0 Å². The summed E-state index contributed by atoms with van der Waals surface area (Å²) in [4.78, 5) is 15.9. The number of nitrogens with zero attached hydrogens (tertiary/aromatic N) is 3. The highest BCUT2D eigenvalue weighted by atomic mass is 35.5. The second-order valence-electron chi connectivity index (χ2n) is 3.78. The fourth-order valence-electron chi connectivity index (χ4n) is 1.51. The van der Waals surface area contributed by atoms with Gasteiger partial charge in [-0.3, -0.25) is 14.5 Å². The molecular formula is C12H17Cl2N5O. The number of nitrogens with one attached hydrogen (secondary N) is 1. The van der Waals surface area contributed by atoms with Gasteiger partial charge in [0.15, 0.2) is 0 Å².